The van der Waals surface area contributed by atoms with E-state index in [1.54, 1.807) is 0 Å². The lowest BCUT2D eigenvalue weighted by Gasteiger charge is -2.09. The summed E-state index contributed by atoms with van der Waals surface area (Å²) >= 11 is 1.50. The maximum atomic E-state index is 11.6. The van der Waals surface area contributed by atoms with Crippen LogP contribution in [0, 0.1) is 11.8 Å². The third kappa shape index (κ3) is 5.37. The zero-order valence-corrected chi connectivity index (χ0v) is 12.1. The van der Waals surface area contributed by atoms with Crippen LogP contribution in [-0.4, -0.2) is 29.6 Å². The Labute approximate surface area is 118 Å². The van der Waals surface area contributed by atoms with E-state index in [9.17, 15) is 4.79 Å². The summed E-state index contributed by atoms with van der Waals surface area (Å²) in [7, 11) is 0. The van der Waals surface area contributed by atoms with Crippen LogP contribution in [0.3, 0.4) is 0 Å². The largest absolute Gasteiger partial charge is 0.395 e. The standard InChI is InChI=1S/C15H19NO2S/c1-3-13-10-12(6-4-5-9-17)7-8-14(13)16-15(18)11-19-2/h7-8,10,17H,3,5,9,11H2,1-2H3,(H,16,18). The normalized spacial score (nSPS) is 9.63. The van der Waals surface area contributed by atoms with Crippen LogP contribution < -0.4 is 5.32 Å². The number of hydrogen-bond acceptors (Lipinski definition) is 3. The van der Waals surface area contributed by atoms with E-state index in [1.807, 2.05) is 31.4 Å². The molecule has 0 atom stereocenters. The molecule has 0 aliphatic rings. The first-order valence-electron chi connectivity index (χ1n) is 6.22. The molecule has 4 heteroatoms. The van der Waals surface area contributed by atoms with Crippen molar-refractivity contribution in [1.82, 2.24) is 0 Å². The minimum atomic E-state index is 0.0151. The van der Waals surface area contributed by atoms with Crippen molar-refractivity contribution in [2.24, 2.45) is 0 Å². The molecule has 0 fully saturated rings. The maximum Gasteiger partial charge on any atom is 0.234 e. The lowest BCUT2D eigenvalue weighted by molar-refractivity contribution is -0.113. The van der Waals surface area contributed by atoms with Crippen molar-refractivity contribution >= 4 is 23.4 Å². The summed E-state index contributed by atoms with van der Waals surface area (Å²) in [6, 6.07) is 5.76. The number of carbonyl (C=O) groups is 1. The molecule has 0 saturated heterocycles. The molecule has 0 aliphatic carbocycles. The molecule has 0 bridgehead atoms. The fourth-order valence-corrected chi connectivity index (χ4v) is 1.96. The first-order chi connectivity index (χ1) is 9.21. The minimum absolute atomic E-state index is 0.0151. The molecular formula is C15H19NO2S. The SMILES string of the molecule is CCc1cc(C#CCCO)ccc1NC(=O)CSC. The summed E-state index contributed by atoms with van der Waals surface area (Å²) in [5, 5.41) is 11.6. The van der Waals surface area contributed by atoms with Gasteiger partial charge in [-0.25, -0.2) is 0 Å². The van der Waals surface area contributed by atoms with Crippen LogP contribution in [0.5, 0.6) is 0 Å². The summed E-state index contributed by atoms with van der Waals surface area (Å²) in [5.41, 5.74) is 2.84. The zero-order valence-electron chi connectivity index (χ0n) is 11.3. The van der Waals surface area contributed by atoms with E-state index in [0.717, 1.165) is 23.2 Å². The highest BCUT2D eigenvalue weighted by molar-refractivity contribution is 7.99. The molecule has 0 spiro atoms. The molecule has 19 heavy (non-hydrogen) atoms. The van der Waals surface area contributed by atoms with Gasteiger partial charge in [0.25, 0.3) is 0 Å². The molecule has 102 valence electrons. The molecule has 2 N–H and O–H groups in total. The highest BCUT2D eigenvalue weighted by Crippen LogP contribution is 2.18. The van der Waals surface area contributed by atoms with E-state index in [0.29, 0.717) is 12.2 Å². The number of aryl methyl sites for hydroxylation is 1. The Morgan fingerprint density at radius 1 is 1.47 bits per heavy atom. The van der Waals surface area contributed by atoms with Gasteiger partial charge >= 0.3 is 0 Å². The molecule has 0 heterocycles. The molecular weight excluding hydrogens is 258 g/mol. The van der Waals surface area contributed by atoms with Gasteiger partial charge in [0.05, 0.1) is 12.4 Å². The van der Waals surface area contributed by atoms with Gasteiger partial charge in [-0.1, -0.05) is 18.8 Å². The second kappa shape index (κ2) is 8.63. The fraction of sp³-hybridized carbons (Fsp3) is 0.400. The van der Waals surface area contributed by atoms with Gasteiger partial charge in [-0.15, -0.1) is 0 Å². The summed E-state index contributed by atoms with van der Waals surface area (Å²) in [5.74, 6) is 6.37. The monoisotopic (exact) mass is 277 g/mol. The Morgan fingerprint density at radius 2 is 2.26 bits per heavy atom. The number of carbonyl (C=O) groups excluding carboxylic acids is 1. The van der Waals surface area contributed by atoms with Crippen LogP contribution >= 0.6 is 11.8 Å². The zero-order chi connectivity index (χ0) is 14.1. The van der Waals surface area contributed by atoms with Gasteiger partial charge in [-0.3, -0.25) is 4.79 Å². The highest BCUT2D eigenvalue weighted by Gasteiger charge is 2.05. The van der Waals surface area contributed by atoms with E-state index in [2.05, 4.69) is 17.2 Å². The number of benzene rings is 1. The number of hydrogen-bond donors (Lipinski definition) is 2. The van der Waals surface area contributed by atoms with Gasteiger partial charge in [0, 0.05) is 17.7 Å². The Morgan fingerprint density at radius 3 is 2.89 bits per heavy atom. The molecule has 1 aromatic carbocycles. The molecule has 1 rings (SSSR count). The summed E-state index contributed by atoms with van der Waals surface area (Å²) < 4.78 is 0. The average Bonchev–Trinajstić information content (AvgIpc) is 2.41. The molecule has 0 aromatic heterocycles. The quantitative estimate of drug-likeness (QED) is 0.812. The smallest absolute Gasteiger partial charge is 0.234 e. The number of aliphatic hydroxyl groups excluding tert-OH is 1. The van der Waals surface area contributed by atoms with E-state index >= 15 is 0 Å². The van der Waals surface area contributed by atoms with Crippen molar-refractivity contribution in [3.8, 4) is 11.8 Å². The van der Waals surface area contributed by atoms with Crippen LogP contribution in [0.25, 0.3) is 0 Å². The molecule has 0 unspecified atom stereocenters. The predicted octanol–water partition coefficient (Wildman–Crippen LogP) is 2.28. The summed E-state index contributed by atoms with van der Waals surface area (Å²) in [4.78, 5) is 11.6. The van der Waals surface area contributed by atoms with E-state index in [-0.39, 0.29) is 12.5 Å². The summed E-state index contributed by atoms with van der Waals surface area (Å²) in [6.45, 7) is 2.13. The maximum absolute atomic E-state index is 11.6. The first-order valence-corrected chi connectivity index (χ1v) is 7.62. The van der Waals surface area contributed by atoms with Crippen molar-refractivity contribution in [2.45, 2.75) is 19.8 Å². The van der Waals surface area contributed by atoms with Crippen molar-refractivity contribution in [3.05, 3.63) is 29.3 Å². The molecule has 0 saturated carbocycles. The Kier molecular flexibility index (Phi) is 7.09. The number of amides is 1. The number of anilines is 1. The third-order valence-electron chi connectivity index (χ3n) is 2.51. The van der Waals surface area contributed by atoms with Gasteiger partial charge in [0.2, 0.25) is 5.91 Å². The highest BCUT2D eigenvalue weighted by atomic mass is 32.2. The van der Waals surface area contributed by atoms with Gasteiger partial charge < -0.3 is 10.4 Å². The topological polar surface area (TPSA) is 49.3 Å². The second-order valence-electron chi connectivity index (χ2n) is 3.98. The van der Waals surface area contributed by atoms with Crippen LogP contribution in [-0.2, 0) is 11.2 Å². The van der Waals surface area contributed by atoms with Gasteiger partial charge in [0.1, 0.15) is 0 Å². The number of nitrogens with one attached hydrogen (secondary N) is 1. The molecule has 0 radical (unpaired) electrons. The van der Waals surface area contributed by atoms with Crippen molar-refractivity contribution < 1.29 is 9.90 Å². The lowest BCUT2D eigenvalue weighted by atomic mass is 10.1. The number of rotatable bonds is 5. The lowest BCUT2D eigenvalue weighted by Crippen LogP contribution is -2.15. The predicted molar refractivity (Wildman–Crippen MR) is 81.4 cm³/mol. The molecule has 1 amide bonds. The molecule has 0 aliphatic heterocycles. The average molecular weight is 277 g/mol. The fourth-order valence-electron chi connectivity index (χ4n) is 1.62. The van der Waals surface area contributed by atoms with E-state index in [1.165, 1.54) is 11.8 Å². The number of aliphatic hydroxyl groups is 1. The van der Waals surface area contributed by atoms with Gasteiger partial charge in [-0.05, 0) is 36.4 Å². The first kappa shape index (κ1) is 15.6. The van der Waals surface area contributed by atoms with Gasteiger partial charge in [-0.2, -0.15) is 11.8 Å². The Bertz CT molecular complexity index is 489. The Balaban J connectivity index is 2.85. The van der Waals surface area contributed by atoms with Crippen LogP contribution in [0.15, 0.2) is 18.2 Å². The van der Waals surface area contributed by atoms with Crippen molar-refractivity contribution in [1.29, 1.82) is 0 Å². The van der Waals surface area contributed by atoms with Crippen LogP contribution in [0.2, 0.25) is 0 Å². The number of thioether (sulfide) groups is 1. The molecule has 3 nitrogen and oxygen atoms in total. The van der Waals surface area contributed by atoms with E-state index in [4.69, 9.17) is 5.11 Å². The van der Waals surface area contributed by atoms with Crippen molar-refractivity contribution in [3.63, 3.8) is 0 Å². The van der Waals surface area contributed by atoms with Crippen LogP contribution in [0.1, 0.15) is 24.5 Å². The Hall–Kier alpha value is -1.44. The molecule has 1 aromatic rings. The van der Waals surface area contributed by atoms with Crippen molar-refractivity contribution in [2.75, 3.05) is 23.9 Å². The van der Waals surface area contributed by atoms with Crippen LogP contribution in [0.4, 0.5) is 5.69 Å². The van der Waals surface area contributed by atoms with E-state index < -0.39 is 0 Å². The van der Waals surface area contributed by atoms with Gasteiger partial charge in [0.15, 0.2) is 0 Å². The summed E-state index contributed by atoms with van der Waals surface area (Å²) in [6.07, 6.45) is 3.22. The third-order valence-corrected chi connectivity index (χ3v) is 3.06. The minimum Gasteiger partial charge on any atom is -0.395 e. The second-order valence-corrected chi connectivity index (χ2v) is 4.85.